The zero-order valence-electron chi connectivity index (χ0n) is 8.70. The van der Waals surface area contributed by atoms with Gasteiger partial charge < -0.3 is 0 Å². The van der Waals surface area contributed by atoms with E-state index in [-0.39, 0.29) is 12.4 Å². The van der Waals surface area contributed by atoms with Crippen LogP contribution in [0.15, 0.2) is 24.5 Å². The van der Waals surface area contributed by atoms with Crippen LogP contribution in [0, 0.1) is 0 Å². The van der Waals surface area contributed by atoms with E-state index in [4.69, 9.17) is 23.2 Å². The zero-order chi connectivity index (χ0) is 10.4. The molecule has 0 saturated carbocycles. The summed E-state index contributed by atoms with van der Waals surface area (Å²) in [6, 6.07) is 4.00. The van der Waals surface area contributed by atoms with Crippen molar-refractivity contribution in [3.8, 4) is 0 Å². The molecule has 0 bridgehead atoms. The van der Waals surface area contributed by atoms with Crippen LogP contribution >= 0.6 is 35.6 Å². The lowest BCUT2D eigenvalue weighted by Gasteiger charge is -2.32. The Hall–Kier alpha value is -0.0200. The number of hydrogen-bond acceptors (Lipinski definition) is 1. The number of rotatable bonds is 5. The molecule has 15 heavy (non-hydrogen) atoms. The quantitative estimate of drug-likeness (QED) is 0.592. The molecule has 2 nitrogen and oxygen atoms in total. The minimum Gasteiger partial charge on any atom is -0.290 e. The van der Waals surface area contributed by atoms with Crippen LogP contribution in [-0.2, 0) is 0 Å². The van der Waals surface area contributed by atoms with E-state index < -0.39 is 0 Å². The Bertz CT molecular complexity index is 261. The lowest BCUT2D eigenvalue weighted by atomic mass is 10.3. The third-order valence-electron chi connectivity index (χ3n) is 2.43. The minimum absolute atomic E-state index is 0. The molecule has 0 radical (unpaired) electrons. The summed E-state index contributed by atoms with van der Waals surface area (Å²) < 4.78 is 0.751. The van der Waals surface area contributed by atoms with Crippen molar-refractivity contribution in [2.75, 3.05) is 31.9 Å². The highest BCUT2D eigenvalue weighted by molar-refractivity contribution is 6.18. The van der Waals surface area contributed by atoms with Crippen molar-refractivity contribution in [1.82, 2.24) is 9.47 Å². The number of pyridine rings is 1. The Kier molecular flexibility index (Phi) is 7.28. The fraction of sp³-hybridized carbons (Fsp3) is 0.500. The summed E-state index contributed by atoms with van der Waals surface area (Å²) >= 11 is 11.6. The van der Waals surface area contributed by atoms with Gasteiger partial charge in [-0.1, -0.05) is 0 Å². The second-order valence-corrected chi connectivity index (χ2v) is 4.19. The maximum atomic E-state index is 5.79. The van der Waals surface area contributed by atoms with E-state index in [1.54, 1.807) is 6.20 Å². The summed E-state index contributed by atoms with van der Waals surface area (Å²) in [4.78, 5) is 4.11. The number of hydrogen-bond donors (Lipinski definition) is 0. The molecule has 0 saturated heterocycles. The molecule has 0 aliphatic rings. The molecule has 0 amide bonds. The Morgan fingerprint density at radius 1 is 1.27 bits per heavy atom. The van der Waals surface area contributed by atoms with Gasteiger partial charge in [-0.2, -0.15) is 0 Å². The number of halogens is 3. The highest BCUT2D eigenvalue weighted by atomic mass is 35.5. The highest BCUT2D eigenvalue weighted by Crippen LogP contribution is 2.19. The van der Waals surface area contributed by atoms with Crippen LogP contribution in [0.3, 0.4) is 0 Å². The molecule has 0 fully saturated rings. The lowest BCUT2D eigenvalue weighted by Crippen LogP contribution is -2.48. The maximum absolute atomic E-state index is 5.79. The molecule has 1 aromatic rings. The van der Waals surface area contributed by atoms with Crippen LogP contribution in [-0.4, -0.2) is 36.9 Å². The van der Waals surface area contributed by atoms with Crippen molar-refractivity contribution in [2.45, 2.75) is 0 Å². The van der Waals surface area contributed by atoms with E-state index in [0.29, 0.717) is 11.8 Å². The summed E-state index contributed by atoms with van der Waals surface area (Å²) in [5, 5.41) is 0. The molecule has 1 aromatic heterocycles. The molecular weight excluding hydrogens is 254 g/mol. The van der Waals surface area contributed by atoms with E-state index in [0.717, 1.165) is 23.3 Å². The summed E-state index contributed by atoms with van der Waals surface area (Å²) in [6.45, 7) is 1.75. The molecule has 86 valence electrons. The first-order valence-electron chi connectivity index (χ1n) is 4.60. The molecule has 5 heteroatoms. The molecular formula is C10H16Cl3N2+. The first-order valence-corrected chi connectivity index (χ1v) is 5.67. The molecule has 0 N–H and O–H groups in total. The number of alkyl halides is 2. The van der Waals surface area contributed by atoms with Gasteiger partial charge in [0.1, 0.15) is 0 Å². The SMILES string of the molecule is C[N+](CCCl)(CCCl)c1cccnc1.Cl. The predicted octanol–water partition coefficient (Wildman–Crippen LogP) is 2.92. The average molecular weight is 271 g/mol. The van der Waals surface area contributed by atoms with Gasteiger partial charge in [-0.15, -0.1) is 35.6 Å². The smallest absolute Gasteiger partial charge is 0.151 e. The average Bonchev–Trinajstić information content (AvgIpc) is 2.20. The van der Waals surface area contributed by atoms with Gasteiger partial charge in [0.15, 0.2) is 5.69 Å². The second-order valence-electron chi connectivity index (χ2n) is 3.43. The summed E-state index contributed by atoms with van der Waals surface area (Å²) in [7, 11) is 2.13. The van der Waals surface area contributed by atoms with Crippen molar-refractivity contribution in [3.05, 3.63) is 24.5 Å². The van der Waals surface area contributed by atoms with E-state index in [2.05, 4.69) is 18.1 Å². The Balaban J connectivity index is 0.00000196. The molecule has 0 atom stereocenters. The van der Waals surface area contributed by atoms with Gasteiger partial charge in [-0.05, 0) is 6.07 Å². The van der Waals surface area contributed by atoms with E-state index in [1.165, 1.54) is 0 Å². The van der Waals surface area contributed by atoms with Gasteiger partial charge in [-0.25, -0.2) is 0 Å². The number of quaternary nitrogens is 1. The van der Waals surface area contributed by atoms with Gasteiger partial charge in [0.05, 0.1) is 38.1 Å². The van der Waals surface area contributed by atoms with Crippen LogP contribution in [0.5, 0.6) is 0 Å². The Labute approximate surface area is 107 Å². The van der Waals surface area contributed by atoms with Crippen molar-refractivity contribution in [1.29, 1.82) is 0 Å². The van der Waals surface area contributed by atoms with Crippen LogP contribution in [0.1, 0.15) is 0 Å². The Morgan fingerprint density at radius 2 is 1.87 bits per heavy atom. The van der Waals surface area contributed by atoms with Crippen LogP contribution in [0.2, 0.25) is 0 Å². The van der Waals surface area contributed by atoms with Gasteiger partial charge in [0, 0.05) is 12.3 Å². The van der Waals surface area contributed by atoms with Crippen molar-refractivity contribution in [3.63, 3.8) is 0 Å². The Morgan fingerprint density at radius 3 is 2.27 bits per heavy atom. The number of nitrogens with zero attached hydrogens (tertiary/aromatic N) is 2. The molecule has 1 heterocycles. The maximum Gasteiger partial charge on any atom is 0.151 e. The largest absolute Gasteiger partial charge is 0.290 e. The predicted molar refractivity (Wildman–Crippen MR) is 70.4 cm³/mol. The fourth-order valence-corrected chi connectivity index (χ4v) is 2.16. The topological polar surface area (TPSA) is 12.9 Å². The number of aromatic nitrogens is 1. The highest BCUT2D eigenvalue weighted by Gasteiger charge is 2.23. The molecule has 1 rings (SSSR count). The molecule has 0 spiro atoms. The first kappa shape index (κ1) is 15.0. The molecule has 0 aliphatic carbocycles. The minimum atomic E-state index is 0. The fourth-order valence-electron chi connectivity index (χ4n) is 1.42. The van der Waals surface area contributed by atoms with E-state index >= 15 is 0 Å². The zero-order valence-corrected chi connectivity index (χ0v) is 11.0. The van der Waals surface area contributed by atoms with E-state index in [9.17, 15) is 0 Å². The van der Waals surface area contributed by atoms with E-state index in [1.807, 2.05) is 12.3 Å². The molecule has 0 aliphatic heterocycles. The standard InChI is InChI=1S/C10H15Cl2N2.ClH/c1-14(7-4-11,8-5-12)10-3-2-6-13-9-10;/h2-3,6,9H,4-5,7-8H2,1H3;1H/q+1;. The first-order chi connectivity index (χ1) is 6.73. The van der Waals surface area contributed by atoms with Crippen molar-refractivity contribution < 1.29 is 0 Å². The summed E-state index contributed by atoms with van der Waals surface area (Å²) in [6.07, 6.45) is 3.65. The third kappa shape index (κ3) is 4.15. The third-order valence-corrected chi connectivity index (χ3v) is 2.76. The monoisotopic (exact) mass is 269 g/mol. The lowest BCUT2D eigenvalue weighted by molar-refractivity contribution is 0.368. The van der Waals surface area contributed by atoms with Crippen LogP contribution in [0.4, 0.5) is 5.69 Å². The van der Waals surface area contributed by atoms with Gasteiger partial charge in [-0.3, -0.25) is 9.47 Å². The van der Waals surface area contributed by atoms with Crippen molar-refractivity contribution >= 4 is 41.3 Å². The molecule has 0 aromatic carbocycles. The summed E-state index contributed by atoms with van der Waals surface area (Å²) in [5.74, 6) is 1.25. The van der Waals surface area contributed by atoms with Gasteiger partial charge >= 0.3 is 0 Å². The van der Waals surface area contributed by atoms with Gasteiger partial charge in [0.25, 0.3) is 0 Å². The normalized spacial score (nSPS) is 10.9. The van der Waals surface area contributed by atoms with Crippen LogP contribution < -0.4 is 4.48 Å². The van der Waals surface area contributed by atoms with Gasteiger partial charge in [0.2, 0.25) is 0 Å². The summed E-state index contributed by atoms with van der Waals surface area (Å²) in [5.41, 5.74) is 1.16. The van der Waals surface area contributed by atoms with Crippen LogP contribution in [0.25, 0.3) is 0 Å². The molecule has 0 unspecified atom stereocenters. The van der Waals surface area contributed by atoms with Crippen molar-refractivity contribution in [2.24, 2.45) is 0 Å². The second kappa shape index (κ2) is 7.29.